The zero-order valence-corrected chi connectivity index (χ0v) is 13.8. The Bertz CT molecular complexity index is 330. The van der Waals surface area contributed by atoms with E-state index in [0.29, 0.717) is 12.7 Å². The summed E-state index contributed by atoms with van der Waals surface area (Å²) in [5.41, 5.74) is 1.41. The number of benzene rings is 1. The van der Waals surface area contributed by atoms with Gasteiger partial charge in [0.15, 0.2) is 0 Å². The van der Waals surface area contributed by atoms with Crippen LogP contribution in [-0.4, -0.2) is 9.79 Å². The van der Waals surface area contributed by atoms with Gasteiger partial charge in [-0.2, -0.15) is 0 Å². The van der Waals surface area contributed by atoms with E-state index in [-0.39, 0.29) is 0 Å². The van der Waals surface area contributed by atoms with Crippen LogP contribution in [0.2, 0.25) is 0 Å². The molecular formula is C8H14Cl2NiO5P2. The second-order valence-electron chi connectivity index (χ2n) is 2.52. The first kappa shape index (κ1) is 20.9. The summed E-state index contributed by atoms with van der Waals surface area (Å²) >= 11 is 0.569. The van der Waals surface area contributed by atoms with E-state index in [2.05, 4.69) is 35.5 Å². The minimum absolute atomic E-state index is 0.569. The molecule has 0 aliphatic carbocycles. The molecule has 1 rings (SSSR count). The Hall–Kier alpha value is 0.634. The third kappa shape index (κ3) is 19.0. The molecule has 0 heterocycles. The summed E-state index contributed by atoms with van der Waals surface area (Å²) < 4.78 is 22.3. The first-order valence-corrected chi connectivity index (χ1v) is 9.72. The molecule has 0 aliphatic rings. The van der Waals surface area contributed by atoms with E-state index < -0.39 is 16.5 Å². The van der Waals surface area contributed by atoms with Crippen LogP contribution >= 0.6 is 36.9 Å². The van der Waals surface area contributed by atoms with Gasteiger partial charge in [0.1, 0.15) is 0 Å². The summed E-state index contributed by atoms with van der Waals surface area (Å²) in [6, 6.07) is 10.5. The molecule has 0 radical (unpaired) electrons. The Balaban J connectivity index is 0. The molecule has 10 heteroatoms. The van der Waals surface area contributed by atoms with E-state index in [4.69, 9.17) is 30.2 Å². The van der Waals surface area contributed by atoms with Crippen molar-refractivity contribution in [2.45, 2.75) is 13.3 Å². The summed E-state index contributed by atoms with van der Waals surface area (Å²) in [6.07, 6.45) is 1.14. The summed E-state index contributed by atoms with van der Waals surface area (Å²) in [6.45, 7) is 2.16. The van der Waals surface area contributed by atoms with Crippen LogP contribution in [0.25, 0.3) is 0 Å². The molecule has 1 aromatic carbocycles. The fourth-order valence-electron chi connectivity index (χ4n) is 0.788. The van der Waals surface area contributed by atoms with Gasteiger partial charge in [-0.15, -0.1) is 0 Å². The molecule has 0 saturated heterocycles. The van der Waals surface area contributed by atoms with Crippen molar-refractivity contribution in [1.82, 2.24) is 0 Å². The van der Waals surface area contributed by atoms with Crippen molar-refractivity contribution in [1.29, 1.82) is 0 Å². The topological polar surface area (TPSA) is 83.8 Å². The fourth-order valence-corrected chi connectivity index (χ4v) is 1.39. The van der Waals surface area contributed by atoms with E-state index in [9.17, 15) is 9.13 Å². The molecule has 18 heavy (non-hydrogen) atoms. The average molecular weight is 382 g/mol. The van der Waals surface area contributed by atoms with Crippen molar-refractivity contribution in [3.63, 3.8) is 0 Å². The van der Waals surface area contributed by atoms with Crippen LogP contribution in [0.4, 0.5) is 0 Å². The van der Waals surface area contributed by atoms with Crippen LogP contribution in [0.3, 0.4) is 0 Å². The van der Waals surface area contributed by atoms with Gasteiger partial charge in [-0.25, -0.2) is 4.31 Å². The summed E-state index contributed by atoms with van der Waals surface area (Å²) in [4.78, 5) is 15.4. The van der Waals surface area contributed by atoms with Crippen molar-refractivity contribution in [2.24, 2.45) is 0 Å². The first-order valence-electron chi connectivity index (χ1n) is 4.47. The van der Waals surface area contributed by atoms with Crippen LogP contribution in [0.15, 0.2) is 30.3 Å². The van der Waals surface area contributed by atoms with Gasteiger partial charge < -0.3 is 9.79 Å². The molecule has 2 unspecified atom stereocenters. The van der Waals surface area contributed by atoms with Gasteiger partial charge in [0, 0.05) is 0 Å². The molecule has 5 nitrogen and oxygen atoms in total. The van der Waals surface area contributed by atoms with Crippen LogP contribution in [0.5, 0.6) is 0 Å². The standard InChI is InChI=1S/C8H10.2ClH.Ni.H4O5P2/c1-2-8-6-4-3-5-7-8;;;;1-6(2)5-7(3)4/h3-7H,2H2,1H3;2*1H;;6-7H,(H,1,2)(H,3,4)/q;;;+2;/p-2. The SMILES string of the molecule is CCc1ccccc1.O=[PH](O)O[PH](=O)O.[Cl][Ni][Cl]. The van der Waals surface area contributed by atoms with Gasteiger partial charge in [-0.3, -0.25) is 9.13 Å². The van der Waals surface area contributed by atoms with Crippen molar-refractivity contribution in [3.8, 4) is 0 Å². The Morgan fingerprint density at radius 3 is 1.72 bits per heavy atom. The van der Waals surface area contributed by atoms with Gasteiger partial charge in [0.05, 0.1) is 0 Å². The third-order valence-corrected chi connectivity index (χ3v) is 2.82. The van der Waals surface area contributed by atoms with Gasteiger partial charge in [0.25, 0.3) is 0 Å². The van der Waals surface area contributed by atoms with Gasteiger partial charge in [-0.1, -0.05) is 37.3 Å². The molecule has 2 N–H and O–H groups in total. The first-order chi connectivity index (χ1) is 8.47. The second-order valence-corrected chi connectivity index (χ2v) is 6.03. The van der Waals surface area contributed by atoms with Crippen LogP contribution in [-0.2, 0) is 32.5 Å². The van der Waals surface area contributed by atoms with Gasteiger partial charge in [-0.05, 0) is 12.0 Å². The Labute approximate surface area is 122 Å². The third-order valence-electron chi connectivity index (χ3n) is 1.43. The molecule has 2 atom stereocenters. The Morgan fingerprint density at radius 1 is 1.17 bits per heavy atom. The molecule has 0 bridgehead atoms. The van der Waals surface area contributed by atoms with Gasteiger partial charge >= 0.3 is 49.6 Å². The van der Waals surface area contributed by atoms with Crippen LogP contribution < -0.4 is 0 Å². The normalized spacial score (nSPS) is 12.5. The van der Waals surface area contributed by atoms with Crippen molar-refractivity contribution >= 4 is 36.9 Å². The maximum atomic E-state index is 9.44. The number of aryl methyl sites for hydroxylation is 1. The van der Waals surface area contributed by atoms with E-state index >= 15 is 0 Å². The number of rotatable bonds is 3. The van der Waals surface area contributed by atoms with Crippen molar-refractivity contribution in [2.75, 3.05) is 0 Å². The Morgan fingerprint density at radius 2 is 1.56 bits per heavy atom. The van der Waals surface area contributed by atoms with E-state index in [0.717, 1.165) is 6.42 Å². The summed E-state index contributed by atoms with van der Waals surface area (Å²) in [5.74, 6) is 0. The average Bonchev–Trinajstić information content (AvgIpc) is 2.30. The van der Waals surface area contributed by atoms with E-state index in [1.807, 2.05) is 6.07 Å². The zero-order chi connectivity index (χ0) is 14.4. The molecule has 0 fully saturated rings. The molecule has 1 aromatic rings. The van der Waals surface area contributed by atoms with Crippen molar-refractivity contribution in [3.05, 3.63) is 35.9 Å². The monoisotopic (exact) mass is 380 g/mol. The number of hydrogen-bond donors (Lipinski definition) is 2. The maximum absolute atomic E-state index is 9.44. The summed E-state index contributed by atoms with van der Waals surface area (Å²) in [5, 5.41) is 0. The summed E-state index contributed by atoms with van der Waals surface area (Å²) in [7, 11) is 3.00. The molecule has 0 amide bonds. The quantitative estimate of drug-likeness (QED) is 0.619. The van der Waals surface area contributed by atoms with Crippen LogP contribution in [0, 0.1) is 0 Å². The fraction of sp³-hybridized carbons (Fsp3) is 0.250. The molecule has 0 saturated carbocycles. The molecule has 110 valence electrons. The predicted molar refractivity (Wildman–Crippen MR) is 71.1 cm³/mol. The van der Waals surface area contributed by atoms with Crippen molar-refractivity contribution < 1.29 is 35.9 Å². The minimum atomic E-state index is -3.20. The van der Waals surface area contributed by atoms with Gasteiger partial charge in [0.2, 0.25) is 0 Å². The molecule has 0 aromatic heterocycles. The molecular weight excluding hydrogens is 368 g/mol. The number of hydrogen-bond acceptors (Lipinski definition) is 3. The second kappa shape index (κ2) is 15.7. The molecule has 0 spiro atoms. The van der Waals surface area contributed by atoms with E-state index in [1.54, 1.807) is 0 Å². The van der Waals surface area contributed by atoms with E-state index in [1.165, 1.54) is 5.56 Å². The number of halogens is 2. The Kier molecular flexibility index (Phi) is 18.3. The zero-order valence-electron chi connectivity index (χ0n) is 9.29. The predicted octanol–water partition coefficient (Wildman–Crippen LogP) is 3.39. The van der Waals surface area contributed by atoms with Crippen LogP contribution in [0.1, 0.15) is 12.5 Å². The molecule has 0 aliphatic heterocycles.